The molecule has 144 valence electrons. The summed E-state index contributed by atoms with van der Waals surface area (Å²) in [6.07, 6.45) is 4.50. The van der Waals surface area contributed by atoms with E-state index in [4.69, 9.17) is 0 Å². The van der Waals surface area contributed by atoms with Crippen molar-refractivity contribution in [2.75, 3.05) is 19.6 Å². The molecule has 0 saturated carbocycles. The van der Waals surface area contributed by atoms with Crippen molar-refractivity contribution in [2.45, 2.75) is 57.0 Å². The molecule has 2 atom stereocenters. The first kappa shape index (κ1) is 20.7. The van der Waals surface area contributed by atoms with Crippen molar-refractivity contribution in [3.8, 4) is 0 Å². The predicted molar refractivity (Wildman–Crippen MR) is 105 cm³/mol. The minimum absolute atomic E-state index is 0. The maximum atomic E-state index is 12.9. The van der Waals surface area contributed by atoms with Crippen LogP contribution in [0, 0.1) is 0 Å². The lowest BCUT2D eigenvalue weighted by Crippen LogP contribution is -2.51. The van der Waals surface area contributed by atoms with Crippen LogP contribution in [0.3, 0.4) is 0 Å². The van der Waals surface area contributed by atoms with Crippen molar-refractivity contribution < 1.29 is 9.59 Å². The summed E-state index contributed by atoms with van der Waals surface area (Å²) in [4.78, 5) is 27.1. The maximum absolute atomic E-state index is 12.9. The number of rotatable bonds is 5. The van der Waals surface area contributed by atoms with Crippen LogP contribution in [0.4, 0.5) is 0 Å². The van der Waals surface area contributed by atoms with Gasteiger partial charge in [-0.3, -0.25) is 9.59 Å². The van der Waals surface area contributed by atoms with Crippen molar-refractivity contribution in [3.63, 3.8) is 0 Å². The number of halogens is 1. The Labute approximate surface area is 162 Å². The number of carbonyl (C=O) groups is 2. The van der Waals surface area contributed by atoms with E-state index >= 15 is 0 Å². The normalized spacial score (nSPS) is 21.7. The largest absolute Gasteiger partial charge is 0.352 e. The van der Waals surface area contributed by atoms with Crippen LogP contribution in [0.25, 0.3) is 0 Å². The molecule has 2 saturated heterocycles. The number of hydrogen-bond acceptors (Lipinski definition) is 3. The Morgan fingerprint density at radius 3 is 2.46 bits per heavy atom. The molecule has 26 heavy (non-hydrogen) atoms. The lowest BCUT2D eigenvalue weighted by Gasteiger charge is -2.35. The van der Waals surface area contributed by atoms with Crippen molar-refractivity contribution >= 4 is 24.2 Å². The van der Waals surface area contributed by atoms with Crippen LogP contribution in [0.5, 0.6) is 0 Å². The molecule has 6 heteroatoms. The van der Waals surface area contributed by atoms with Crippen molar-refractivity contribution in [2.24, 2.45) is 0 Å². The Bertz CT molecular complexity index is 582. The number of nitrogens with zero attached hydrogens (tertiary/aromatic N) is 1. The van der Waals surface area contributed by atoms with Gasteiger partial charge in [0.15, 0.2) is 0 Å². The number of hydrogen-bond donors (Lipinski definition) is 2. The molecule has 0 spiro atoms. The summed E-state index contributed by atoms with van der Waals surface area (Å²) in [6.45, 7) is 4.45. The minimum Gasteiger partial charge on any atom is -0.352 e. The zero-order valence-corrected chi connectivity index (χ0v) is 16.3. The summed E-state index contributed by atoms with van der Waals surface area (Å²) in [5, 5.41) is 6.39. The molecule has 0 aromatic heterocycles. The van der Waals surface area contributed by atoms with Crippen LogP contribution in [-0.2, 0) is 9.59 Å². The van der Waals surface area contributed by atoms with Gasteiger partial charge in [0.05, 0.1) is 12.0 Å². The number of piperidine rings is 1. The van der Waals surface area contributed by atoms with Crippen LogP contribution in [0.15, 0.2) is 30.3 Å². The molecule has 0 radical (unpaired) electrons. The van der Waals surface area contributed by atoms with Gasteiger partial charge in [0.2, 0.25) is 11.8 Å². The van der Waals surface area contributed by atoms with E-state index in [2.05, 4.69) is 17.6 Å². The monoisotopic (exact) mass is 379 g/mol. The Kier molecular flexibility index (Phi) is 7.91. The van der Waals surface area contributed by atoms with Crippen LogP contribution in [0.2, 0.25) is 0 Å². The molecule has 3 rings (SSSR count). The zero-order chi connectivity index (χ0) is 17.6. The third-order valence-corrected chi connectivity index (χ3v) is 5.44. The molecule has 1 aromatic rings. The van der Waals surface area contributed by atoms with Crippen LogP contribution < -0.4 is 10.6 Å². The fourth-order valence-corrected chi connectivity index (χ4v) is 3.91. The number of amides is 2. The summed E-state index contributed by atoms with van der Waals surface area (Å²) in [5.41, 5.74) is 1.10. The molecule has 0 bridgehead atoms. The number of nitrogens with one attached hydrogen (secondary N) is 2. The van der Waals surface area contributed by atoms with Gasteiger partial charge in [-0.05, 0) is 44.2 Å². The maximum Gasteiger partial charge on any atom is 0.237 e. The Morgan fingerprint density at radius 1 is 1.19 bits per heavy atom. The van der Waals surface area contributed by atoms with Gasteiger partial charge in [-0.15, -0.1) is 12.4 Å². The Morgan fingerprint density at radius 2 is 1.88 bits per heavy atom. The molecule has 2 N–H and O–H groups in total. The second kappa shape index (κ2) is 9.93. The standard InChI is InChI=1S/C20H29N3O2.ClH/c1-2-17(15-7-4-3-5-8-15)20(25)23-13-10-16(11-14-23)22-19(24)18-9-6-12-21-18;/h3-5,7-8,16-18,21H,2,6,9-14H2,1H3,(H,22,24);1H. The highest BCUT2D eigenvalue weighted by molar-refractivity contribution is 5.85. The van der Waals surface area contributed by atoms with E-state index in [1.165, 1.54) is 0 Å². The van der Waals surface area contributed by atoms with E-state index in [0.717, 1.165) is 57.3 Å². The molecule has 2 unspecified atom stereocenters. The number of likely N-dealkylation sites (tertiary alicyclic amines) is 1. The smallest absolute Gasteiger partial charge is 0.237 e. The highest BCUT2D eigenvalue weighted by Crippen LogP contribution is 2.24. The molecule has 2 amide bonds. The van der Waals surface area contributed by atoms with E-state index in [9.17, 15) is 9.59 Å². The summed E-state index contributed by atoms with van der Waals surface area (Å²) in [6, 6.07) is 10.2. The van der Waals surface area contributed by atoms with E-state index in [1.807, 2.05) is 35.2 Å². The first-order chi connectivity index (χ1) is 12.2. The van der Waals surface area contributed by atoms with Crippen LogP contribution in [-0.4, -0.2) is 48.4 Å². The third-order valence-electron chi connectivity index (χ3n) is 5.44. The van der Waals surface area contributed by atoms with E-state index in [0.29, 0.717) is 0 Å². The predicted octanol–water partition coefficient (Wildman–Crippen LogP) is 2.46. The quantitative estimate of drug-likeness (QED) is 0.826. The highest BCUT2D eigenvalue weighted by atomic mass is 35.5. The van der Waals surface area contributed by atoms with Crippen LogP contribution >= 0.6 is 12.4 Å². The number of carbonyl (C=O) groups excluding carboxylic acids is 2. The molecule has 2 aliphatic heterocycles. The molecule has 5 nitrogen and oxygen atoms in total. The zero-order valence-electron chi connectivity index (χ0n) is 15.4. The first-order valence-corrected chi connectivity index (χ1v) is 9.56. The molecule has 0 aliphatic carbocycles. The minimum atomic E-state index is -0.0602. The van der Waals surface area contributed by atoms with Gasteiger partial charge in [-0.25, -0.2) is 0 Å². The lowest BCUT2D eigenvalue weighted by atomic mass is 9.93. The van der Waals surface area contributed by atoms with Gasteiger partial charge in [0.25, 0.3) is 0 Å². The molecular formula is C20H30ClN3O2. The van der Waals surface area contributed by atoms with Gasteiger partial charge in [-0.1, -0.05) is 37.3 Å². The summed E-state index contributed by atoms with van der Waals surface area (Å²) in [7, 11) is 0. The van der Waals surface area contributed by atoms with Gasteiger partial charge < -0.3 is 15.5 Å². The molecule has 1 aromatic carbocycles. The molecule has 2 fully saturated rings. The molecular weight excluding hydrogens is 350 g/mol. The lowest BCUT2D eigenvalue weighted by molar-refractivity contribution is -0.134. The van der Waals surface area contributed by atoms with Crippen molar-refractivity contribution in [1.82, 2.24) is 15.5 Å². The van der Waals surface area contributed by atoms with Gasteiger partial charge in [-0.2, -0.15) is 0 Å². The fourth-order valence-electron chi connectivity index (χ4n) is 3.91. The van der Waals surface area contributed by atoms with Crippen molar-refractivity contribution in [1.29, 1.82) is 0 Å². The Balaban J connectivity index is 0.00000243. The summed E-state index contributed by atoms with van der Waals surface area (Å²) in [5.74, 6) is 0.281. The number of benzene rings is 1. The topological polar surface area (TPSA) is 61.4 Å². The SMILES string of the molecule is CCC(C(=O)N1CCC(NC(=O)C2CCCN2)CC1)c1ccccc1.Cl. The van der Waals surface area contributed by atoms with Gasteiger partial charge in [0, 0.05) is 19.1 Å². The molecule has 2 aliphatic rings. The summed E-state index contributed by atoms with van der Waals surface area (Å²) >= 11 is 0. The van der Waals surface area contributed by atoms with Gasteiger partial charge >= 0.3 is 0 Å². The molecule has 2 heterocycles. The van der Waals surface area contributed by atoms with E-state index < -0.39 is 0 Å². The van der Waals surface area contributed by atoms with E-state index in [1.54, 1.807) is 0 Å². The highest BCUT2D eigenvalue weighted by Gasteiger charge is 2.30. The Hall–Kier alpha value is -1.59. The first-order valence-electron chi connectivity index (χ1n) is 9.56. The van der Waals surface area contributed by atoms with Crippen LogP contribution in [0.1, 0.15) is 50.5 Å². The fraction of sp³-hybridized carbons (Fsp3) is 0.600. The summed E-state index contributed by atoms with van der Waals surface area (Å²) < 4.78 is 0. The third kappa shape index (κ3) is 4.98. The average Bonchev–Trinajstić information content (AvgIpc) is 3.19. The van der Waals surface area contributed by atoms with E-state index in [-0.39, 0.29) is 42.2 Å². The second-order valence-corrected chi connectivity index (χ2v) is 7.13. The van der Waals surface area contributed by atoms with Gasteiger partial charge in [0.1, 0.15) is 0 Å². The average molecular weight is 380 g/mol. The second-order valence-electron chi connectivity index (χ2n) is 7.13. The van der Waals surface area contributed by atoms with Crippen molar-refractivity contribution in [3.05, 3.63) is 35.9 Å².